The van der Waals surface area contributed by atoms with Crippen LogP contribution in [-0.2, 0) is 6.61 Å². The van der Waals surface area contributed by atoms with Crippen molar-refractivity contribution < 1.29 is 5.11 Å². The molecule has 0 aliphatic rings. The van der Waals surface area contributed by atoms with Crippen molar-refractivity contribution in [2.75, 3.05) is 0 Å². The van der Waals surface area contributed by atoms with Crippen LogP contribution in [0.5, 0.6) is 0 Å². The highest BCUT2D eigenvalue weighted by molar-refractivity contribution is 7.15. The number of hydrogen-bond donors (Lipinski definition) is 1. The lowest BCUT2D eigenvalue weighted by molar-refractivity contribution is 0.280. The molecule has 0 aromatic carbocycles. The van der Waals surface area contributed by atoms with Crippen LogP contribution in [0.2, 0.25) is 4.47 Å². The molecule has 0 fully saturated rings. The summed E-state index contributed by atoms with van der Waals surface area (Å²) in [6.45, 7) is -0.0790. The Kier molecular flexibility index (Phi) is 1.77. The number of aliphatic hydroxyl groups is 1. The summed E-state index contributed by atoms with van der Waals surface area (Å²) >= 11 is 6.55. The van der Waals surface area contributed by atoms with Crippen molar-refractivity contribution in [2.24, 2.45) is 0 Å². The number of aliphatic hydroxyl groups excluding tert-OH is 1. The van der Waals surface area contributed by atoms with E-state index in [-0.39, 0.29) is 6.61 Å². The van der Waals surface area contributed by atoms with E-state index in [2.05, 4.69) is 10.2 Å². The maximum Gasteiger partial charge on any atom is 0.207 e. The predicted octanol–water partition coefficient (Wildman–Crippen LogP) is 0.684. The van der Waals surface area contributed by atoms with Gasteiger partial charge in [0.15, 0.2) is 0 Å². The van der Waals surface area contributed by atoms with Gasteiger partial charge in [-0.1, -0.05) is 11.3 Å². The van der Waals surface area contributed by atoms with E-state index in [9.17, 15) is 0 Å². The van der Waals surface area contributed by atoms with E-state index in [1.54, 1.807) is 0 Å². The second-order valence-electron chi connectivity index (χ2n) is 1.11. The molecule has 0 aliphatic carbocycles. The largest absolute Gasteiger partial charge is 0.389 e. The third-order valence-corrected chi connectivity index (χ3v) is 1.58. The highest BCUT2D eigenvalue weighted by Gasteiger charge is 1.96. The number of nitrogens with zero attached hydrogens (tertiary/aromatic N) is 2. The second-order valence-corrected chi connectivity index (χ2v) is 2.75. The molecule has 0 unspecified atom stereocenters. The molecule has 0 aliphatic heterocycles. The first-order valence-electron chi connectivity index (χ1n) is 1.91. The lowest BCUT2D eigenvalue weighted by Gasteiger charge is -1.75. The average molecular weight is 151 g/mol. The van der Waals surface area contributed by atoms with Gasteiger partial charge in [-0.05, 0) is 11.6 Å². The molecule has 1 aromatic rings. The highest BCUT2D eigenvalue weighted by Crippen LogP contribution is 2.13. The summed E-state index contributed by atoms with van der Waals surface area (Å²) in [5.41, 5.74) is 0. The molecular formula is C3H3ClN2OS. The van der Waals surface area contributed by atoms with Crippen molar-refractivity contribution in [3.63, 3.8) is 0 Å². The van der Waals surface area contributed by atoms with Crippen LogP contribution in [0.1, 0.15) is 5.01 Å². The second kappa shape index (κ2) is 2.39. The van der Waals surface area contributed by atoms with Gasteiger partial charge >= 0.3 is 0 Å². The maximum absolute atomic E-state index is 8.40. The quantitative estimate of drug-likeness (QED) is 0.641. The van der Waals surface area contributed by atoms with E-state index >= 15 is 0 Å². The van der Waals surface area contributed by atoms with Crippen LogP contribution < -0.4 is 0 Å². The van der Waals surface area contributed by atoms with Crippen LogP contribution in [0.4, 0.5) is 0 Å². The Morgan fingerprint density at radius 1 is 1.62 bits per heavy atom. The summed E-state index contributed by atoms with van der Waals surface area (Å²) in [4.78, 5) is 0. The normalized spacial score (nSPS) is 9.75. The van der Waals surface area contributed by atoms with Crippen molar-refractivity contribution in [3.05, 3.63) is 9.47 Å². The van der Waals surface area contributed by atoms with Crippen LogP contribution in [0.3, 0.4) is 0 Å². The summed E-state index contributed by atoms with van der Waals surface area (Å²) in [5.74, 6) is 0. The van der Waals surface area contributed by atoms with Crippen molar-refractivity contribution in [3.8, 4) is 0 Å². The van der Waals surface area contributed by atoms with Gasteiger partial charge in [0.1, 0.15) is 5.01 Å². The van der Waals surface area contributed by atoms with Crippen LogP contribution >= 0.6 is 22.9 Å². The van der Waals surface area contributed by atoms with E-state index in [1.807, 2.05) is 0 Å². The van der Waals surface area contributed by atoms with E-state index in [0.29, 0.717) is 9.47 Å². The molecule has 1 rings (SSSR count). The van der Waals surface area contributed by atoms with E-state index in [4.69, 9.17) is 16.7 Å². The Labute approximate surface area is 54.9 Å². The standard InChI is InChI=1S/C3H3ClN2OS/c4-3-6-5-2(1-7)8-3/h7H,1H2. The zero-order chi connectivity index (χ0) is 5.98. The average Bonchev–Trinajstić information content (AvgIpc) is 2.14. The first kappa shape index (κ1) is 5.94. The van der Waals surface area contributed by atoms with Gasteiger partial charge in [0.25, 0.3) is 0 Å². The Balaban J connectivity index is 2.84. The SMILES string of the molecule is OCc1nnc(Cl)s1. The van der Waals surface area contributed by atoms with Crippen LogP contribution in [-0.4, -0.2) is 15.3 Å². The summed E-state index contributed by atoms with van der Waals surface area (Å²) < 4.78 is 0.369. The Morgan fingerprint density at radius 3 is 2.62 bits per heavy atom. The van der Waals surface area contributed by atoms with Gasteiger partial charge in [-0.3, -0.25) is 0 Å². The first-order valence-corrected chi connectivity index (χ1v) is 3.11. The fourth-order valence-corrected chi connectivity index (χ4v) is 1.02. The van der Waals surface area contributed by atoms with Gasteiger partial charge in [-0.25, -0.2) is 0 Å². The monoisotopic (exact) mass is 150 g/mol. The molecule has 0 amide bonds. The molecule has 0 saturated heterocycles. The topological polar surface area (TPSA) is 46.0 Å². The summed E-state index contributed by atoms with van der Waals surface area (Å²) in [7, 11) is 0. The van der Waals surface area contributed by atoms with Crippen LogP contribution in [0, 0.1) is 0 Å². The Bertz CT molecular complexity index is 178. The smallest absolute Gasteiger partial charge is 0.207 e. The van der Waals surface area contributed by atoms with E-state index in [1.165, 1.54) is 11.3 Å². The van der Waals surface area contributed by atoms with E-state index < -0.39 is 0 Å². The van der Waals surface area contributed by atoms with Crippen molar-refractivity contribution in [2.45, 2.75) is 6.61 Å². The Hall–Kier alpha value is -0.190. The third kappa shape index (κ3) is 1.15. The first-order chi connectivity index (χ1) is 3.83. The fourth-order valence-electron chi connectivity index (χ4n) is 0.297. The summed E-state index contributed by atoms with van der Waals surface area (Å²) in [5, 5.41) is 15.9. The molecule has 3 nitrogen and oxygen atoms in total. The molecule has 1 heterocycles. The van der Waals surface area contributed by atoms with Crippen molar-refractivity contribution in [1.29, 1.82) is 0 Å². The summed E-state index contributed by atoms with van der Waals surface area (Å²) in [6, 6.07) is 0. The number of halogens is 1. The van der Waals surface area contributed by atoms with Gasteiger partial charge in [-0.2, -0.15) is 0 Å². The minimum atomic E-state index is -0.0790. The van der Waals surface area contributed by atoms with Gasteiger partial charge in [-0.15, -0.1) is 10.2 Å². The molecule has 0 saturated carbocycles. The van der Waals surface area contributed by atoms with Crippen molar-refractivity contribution >= 4 is 22.9 Å². The molecule has 0 atom stereocenters. The van der Waals surface area contributed by atoms with Gasteiger partial charge in [0, 0.05) is 0 Å². The molecule has 8 heavy (non-hydrogen) atoms. The number of aromatic nitrogens is 2. The molecular weight excluding hydrogens is 148 g/mol. The van der Waals surface area contributed by atoms with Gasteiger partial charge in [0.2, 0.25) is 4.47 Å². The molecule has 0 bridgehead atoms. The molecule has 5 heteroatoms. The Morgan fingerprint density at radius 2 is 2.38 bits per heavy atom. The lowest BCUT2D eigenvalue weighted by atomic mass is 10.8. The highest BCUT2D eigenvalue weighted by atomic mass is 35.5. The van der Waals surface area contributed by atoms with Crippen molar-refractivity contribution in [1.82, 2.24) is 10.2 Å². The third-order valence-electron chi connectivity index (χ3n) is 0.577. The zero-order valence-electron chi connectivity index (χ0n) is 3.83. The maximum atomic E-state index is 8.40. The summed E-state index contributed by atoms with van der Waals surface area (Å²) in [6.07, 6.45) is 0. The molecule has 0 spiro atoms. The van der Waals surface area contributed by atoms with E-state index in [0.717, 1.165) is 0 Å². The molecule has 1 N–H and O–H groups in total. The lowest BCUT2D eigenvalue weighted by Crippen LogP contribution is -1.78. The number of hydrogen-bond acceptors (Lipinski definition) is 4. The van der Waals surface area contributed by atoms with Crippen LogP contribution in [0.25, 0.3) is 0 Å². The fraction of sp³-hybridized carbons (Fsp3) is 0.333. The zero-order valence-corrected chi connectivity index (χ0v) is 5.41. The minimum absolute atomic E-state index is 0.0790. The van der Waals surface area contributed by atoms with Crippen LogP contribution in [0.15, 0.2) is 0 Å². The minimum Gasteiger partial charge on any atom is -0.389 e. The predicted molar refractivity (Wildman–Crippen MR) is 30.8 cm³/mol. The molecule has 0 radical (unpaired) electrons. The molecule has 44 valence electrons. The van der Waals surface area contributed by atoms with Gasteiger partial charge in [0.05, 0.1) is 6.61 Å². The van der Waals surface area contributed by atoms with Gasteiger partial charge < -0.3 is 5.11 Å². The number of rotatable bonds is 1. The molecule has 1 aromatic heterocycles.